The van der Waals surface area contributed by atoms with E-state index >= 15 is 0 Å². The summed E-state index contributed by atoms with van der Waals surface area (Å²) in [6.07, 6.45) is -4.81. The maximum atomic E-state index is 12.6. The standard InChI is InChI=1S/C18H13F3N2O3/c1-11-15(16(23-26-11)12-6-3-2-4-7-12)17(24)22-13-8-5-9-14(10-13)25-18(19,20)21/h2-10H,1H3,(H,22,24). The van der Waals surface area contributed by atoms with Gasteiger partial charge in [-0.25, -0.2) is 0 Å². The molecule has 0 aliphatic carbocycles. The van der Waals surface area contributed by atoms with Crippen LogP contribution in [0.5, 0.6) is 5.75 Å². The number of amides is 1. The molecule has 0 saturated carbocycles. The fraction of sp³-hybridized carbons (Fsp3) is 0.111. The van der Waals surface area contributed by atoms with Gasteiger partial charge in [-0.15, -0.1) is 13.2 Å². The SMILES string of the molecule is Cc1onc(-c2ccccc2)c1C(=O)Nc1cccc(OC(F)(F)F)c1. The summed E-state index contributed by atoms with van der Waals surface area (Å²) < 4.78 is 45.9. The van der Waals surface area contributed by atoms with Crippen molar-refractivity contribution in [3.63, 3.8) is 0 Å². The Kier molecular flexibility index (Phi) is 4.66. The topological polar surface area (TPSA) is 64.4 Å². The smallest absolute Gasteiger partial charge is 0.406 e. The number of aryl methyl sites for hydroxylation is 1. The monoisotopic (exact) mass is 362 g/mol. The van der Waals surface area contributed by atoms with Gasteiger partial charge in [-0.05, 0) is 19.1 Å². The Labute approximate surface area is 146 Å². The number of halogens is 3. The van der Waals surface area contributed by atoms with E-state index in [2.05, 4.69) is 15.2 Å². The fourth-order valence-electron chi connectivity index (χ4n) is 2.40. The molecular formula is C18H13F3N2O3. The average Bonchev–Trinajstić information content (AvgIpc) is 2.96. The number of rotatable bonds is 4. The van der Waals surface area contributed by atoms with Gasteiger partial charge in [0.1, 0.15) is 22.8 Å². The highest BCUT2D eigenvalue weighted by molar-refractivity contribution is 6.08. The first-order valence-corrected chi connectivity index (χ1v) is 7.52. The molecule has 0 unspecified atom stereocenters. The minimum Gasteiger partial charge on any atom is -0.406 e. The van der Waals surface area contributed by atoms with E-state index in [1.54, 1.807) is 31.2 Å². The van der Waals surface area contributed by atoms with E-state index in [9.17, 15) is 18.0 Å². The largest absolute Gasteiger partial charge is 0.573 e. The first-order valence-electron chi connectivity index (χ1n) is 7.52. The zero-order valence-electron chi connectivity index (χ0n) is 13.5. The zero-order chi connectivity index (χ0) is 18.7. The Morgan fingerprint density at radius 1 is 1.12 bits per heavy atom. The lowest BCUT2D eigenvalue weighted by molar-refractivity contribution is -0.274. The maximum absolute atomic E-state index is 12.6. The van der Waals surface area contributed by atoms with Gasteiger partial charge >= 0.3 is 6.36 Å². The molecule has 0 aliphatic rings. The Morgan fingerprint density at radius 2 is 1.85 bits per heavy atom. The number of alkyl halides is 3. The summed E-state index contributed by atoms with van der Waals surface area (Å²) in [4.78, 5) is 12.6. The van der Waals surface area contributed by atoms with Crippen LogP contribution in [-0.4, -0.2) is 17.4 Å². The predicted molar refractivity (Wildman–Crippen MR) is 87.8 cm³/mol. The second-order valence-corrected chi connectivity index (χ2v) is 5.36. The lowest BCUT2D eigenvalue weighted by Crippen LogP contribution is -2.17. The lowest BCUT2D eigenvalue weighted by atomic mass is 10.1. The summed E-state index contributed by atoms with van der Waals surface area (Å²) >= 11 is 0. The predicted octanol–water partition coefficient (Wildman–Crippen LogP) is 4.80. The van der Waals surface area contributed by atoms with Gasteiger partial charge in [0.05, 0.1) is 0 Å². The summed E-state index contributed by atoms with van der Waals surface area (Å²) in [5.41, 5.74) is 1.39. The van der Waals surface area contributed by atoms with E-state index in [4.69, 9.17) is 4.52 Å². The first-order chi connectivity index (χ1) is 12.3. The number of nitrogens with one attached hydrogen (secondary N) is 1. The number of carbonyl (C=O) groups excluding carboxylic acids is 1. The van der Waals surface area contributed by atoms with Gasteiger partial charge < -0.3 is 14.6 Å². The van der Waals surface area contributed by atoms with Crippen molar-refractivity contribution < 1.29 is 27.2 Å². The second kappa shape index (κ2) is 6.91. The van der Waals surface area contributed by atoms with E-state index in [1.807, 2.05) is 6.07 Å². The molecule has 3 aromatic rings. The van der Waals surface area contributed by atoms with Crippen LogP contribution in [0.1, 0.15) is 16.1 Å². The molecule has 134 valence electrons. The number of hydrogen-bond donors (Lipinski definition) is 1. The lowest BCUT2D eigenvalue weighted by Gasteiger charge is -2.11. The second-order valence-electron chi connectivity index (χ2n) is 5.36. The molecule has 0 spiro atoms. The molecule has 0 radical (unpaired) electrons. The average molecular weight is 362 g/mol. The molecule has 3 rings (SSSR count). The van der Waals surface area contributed by atoms with Gasteiger partial charge in [0, 0.05) is 17.3 Å². The molecule has 26 heavy (non-hydrogen) atoms. The highest BCUT2D eigenvalue weighted by Gasteiger charge is 2.31. The molecule has 0 bridgehead atoms. The molecule has 8 heteroatoms. The van der Waals surface area contributed by atoms with Gasteiger partial charge in [-0.3, -0.25) is 4.79 Å². The molecule has 1 aromatic heterocycles. The van der Waals surface area contributed by atoms with E-state index in [0.29, 0.717) is 17.0 Å². The number of aromatic nitrogens is 1. The maximum Gasteiger partial charge on any atom is 0.573 e. The van der Waals surface area contributed by atoms with Crippen LogP contribution in [0.15, 0.2) is 59.1 Å². The molecule has 1 heterocycles. The van der Waals surface area contributed by atoms with Gasteiger partial charge in [0.25, 0.3) is 5.91 Å². The minimum atomic E-state index is -4.81. The van der Waals surface area contributed by atoms with E-state index < -0.39 is 18.0 Å². The third-order valence-electron chi connectivity index (χ3n) is 3.46. The molecule has 0 fully saturated rings. The van der Waals surface area contributed by atoms with Crippen LogP contribution >= 0.6 is 0 Å². The number of anilines is 1. The van der Waals surface area contributed by atoms with Crippen molar-refractivity contribution in [2.75, 3.05) is 5.32 Å². The summed E-state index contributed by atoms with van der Waals surface area (Å²) in [5.74, 6) is -0.684. The molecule has 0 saturated heterocycles. The third-order valence-corrected chi connectivity index (χ3v) is 3.46. The summed E-state index contributed by atoms with van der Waals surface area (Å²) in [6, 6.07) is 14.0. The van der Waals surface area contributed by atoms with Crippen molar-refractivity contribution in [2.45, 2.75) is 13.3 Å². The summed E-state index contributed by atoms with van der Waals surface area (Å²) in [6.45, 7) is 1.58. The van der Waals surface area contributed by atoms with Crippen molar-refractivity contribution >= 4 is 11.6 Å². The van der Waals surface area contributed by atoms with Crippen LogP contribution in [-0.2, 0) is 0 Å². The van der Waals surface area contributed by atoms with Crippen molar-refractivity contribution in [1.82, 2.24) is 5.16 Å². The van der Waals surface area contributed by atoms with Crippen molar-refractivity contribution in [3.05, 3.63) is 65.9 Å². The molecule has 0 atom stereocenters. The van der Waals surface area contributed by atoms with Gasteiger partial charge in [-0.1, -0.05) is 41.6 Å². The van der Waals surface area contributed by atoms with Crippen LogP contribution in [0.3, 0.4) is 0 Å². The van der Waals surface area contributed by atoms with Crippen molar-refractivity contribution in [1.29, 1.82) is 0 Å². The van der Waals surface area contributed by atoms with E-state index in [1.165, 1.54) is 12.1 Å². The highest BCUT2D eigenvalue weighted by atomic mass is 19.4. The third kappa shape index (κ3) is 4.02. The van der Waals surface area contributed by atoms with Crippen LogP contribution in [0.2, 0.25) is 0 Å². The molecular weight excluding hydrogens is 349 g/mol. The first kappa shape index (κ1) is 17.5. The molecule has 5 nitrogen and oxygen atoms in total. The number of hydrogen-bond acceptors (Lipinski definition) is 4. The Hall–Kier alpha value is -3.29. The van der Waals surface area contributed by atoms with Crippen molar-refractivity contribution in [3.8, 4) is 17.0 Å². The van der Waals surface area contributed by atoms with Crippen LogP contribution in [0, 0.1) is 6.92 Å². The molecule has 1 amide bonds. The number of carbonyl (C=O) groups is 1. The van der Waals surface area contributed by atoms with Crippen LogP contribution in [0.4, 0.5) is 18.9 Å². The van der Waals surface area contributed by atoms with Crippen LogP contribution < -0.4 is 10.1 Å². The zero-order valence-corrected chi connectivity index (χ0v) is 13.5. The van der Waals surface area contributed by atoms with Crippen molar-refractivity contribution in [2.24, 2.45) is 0 Å². The summed E-state index contributed by atoms with van der Waals surface area (Å²) in [7, 11) is 0. The van der Waals surface area contributed by atoms with E-state index in [0.717, 1.165) is 12.1 Å². The number of benzene rings is 2. The highest BCUT2D eigenvalue weighted by Crippen LogP contribution is 2.28. The van der Waals surface area contributed by atoms with Crippen LogP contribution in [0.25, 0.3) is 11.3 Å². The number of ether oxygens (including phenoxy) is 1. The number of nitrogens with zero attached hydrogens (tertiary/aromatic N) is 1. The molecule has 1 N–H and O–H groups in total. The molecule has 0 aliphatic heterocycles. The Morgan fingerprint density at radius 3 is 2.54 bits per heavy atom. The Bertz CT molecular complexity index is 921. The quantitative estimate of drug-likeness (QED) is 0.724. The van der Waals surface area contributed by atoms with Gasteiger partial charge in [0.15, 0.2) is 0 Å². The molecule has 2 aromatic carbocycles. The fourth-order valence-corrected chi connectivity index (χ4v) is 2.40. The summed E-state index contributed by atoms with van der Waals surface area (Å²) in [5, 5.41) is 6.44. The van der Waals surface area contributed by atoms with Gasteiger partial charge in [0.2, 0.25) is 0 Å². The normalized spacial score (nSPS) is 11.2. The van der Waals surface area contributed by atoms with Gasteiger partial charge in [-0.2, -0.15) is 0 Å². The Balaban J connectivity index is 1.86. The minimum absolute atomic E-state index is 0.149. The van der Waals surface area contributed by atoms with E-state index in [-0.39, 0.29) is 11.3 Å².